The molecule has 1 aliphatic rings. The van der Waals surface area contributed by atoms with Crippen LogP contribution in [0.2, 0.25) is 0 Å². The molecule has 0 radical (unpaired) electrons. The van der Waals surface area contributed by atoms with Gasteiger partial charge in [-0.05, 0) is 37.9 Å². The Hall–Kier alpha value is -0.970. The van der Waals surface area contributed by atoms with Crippen LogP contribution >= 0.6 is 0 Å². The molecule has 1 heterocycles. The number of aromatic nitrogens is 1. The van der Waals surface area contributed by atoms with Gasteiger partial charge < -0.3 is 10.8 Å². The number of nitrogens with two attached hydrogens (primary N) is 1. The molecule has 2 atom stereocenters. The van der Waals surface area contributed by atoms with Crippen molar-refractivity contribution in [2.45, 2.75) is 31.5 Å². The van der Waals surface area contributed by atoms with Crippen LogP contribution < -0.4 is 5.73 Å². The molecule has 1 saturated carbocycles. The molecule has 4 nitrogen and oxygen atoms in total. The third kappa shape index (κ3) is 3.25. The standard InChI is InChI=1S/C13H21N3O/c1-16(8-11-4-2-3-7-15-11)12(9-17)13(14)10-5-6-10/h2-4,7,10,12-13,17H,5-6,8-9,14H2,1H3. The average Bonchev–Trinajstić information content (AvgIpc) is 3.15. The van der Waals surface area contributed by atoms with Gasteiger partial charge in [-0.15, -0.1) is 0 Å². The second kappa shape index (κ2) is 5.58. The van der Waals surface area contributed by atoms with E-state index in [2.05, 4.69) is 9.88 Å². The van der Waals surface area contributed by atoms with Crippen molar-refractivity contribution in [3.8, 4) is 0 Å². The third-order valence-electron chi connectivity index (χ3n) is 3.50. The first-order valence-electron chi connectivity index (χ1n) is 6.19. The Morgan fingerprint density at radius 3 is 2.82 bits per heavy atom. The van der Waals surface area contributed by atoms with Crippen molar-refractivity contribution in [3.05, 3.63) is 30.1 Å². The fraction of sp³-hybridized carbons (Fsp3) is 0.615. The fourth-order valence-corrected chi connectivity index (χ4v) is 2.21. The summed E-state index contributed by atoms with van der Waals surface area (Å²) >= 11 is 0. The van der Waals surface area contributed by atoms with E-state index >= 15 is 0 Å². The number of likely N-dealkylation sites (N-methyl/N-ethyl adjacent to an activating group) is 1. The molecule has 0 bridgehead atoms. The summed E-state index contributed by atoms with van der Waals surface area (Å²) in [6.07, 6.45) is 4.20. The average molecular weight is 235 g/mol. The van der Waals surface area contributed by atoms with Gasteiger partial charge in [0.1, 0.15) is 0 Å². The van der Waals surface area contributed by atoms with E-state index in [0.29, 0.717) is 5.92 Å². The van der Waals surface area contributed by atoms with Gasteiger partial charge in [-0.3, -0.25) is 9.88 Å². The molecule has 17 heavy (non-hydrogen) atoms. The zero-order chi connectivity index (χ0) is 12.3. The van der Waals surface area contributed by atoms with Gasteiger partial charge in [-0.1, -0.05) is 6.07 Å². The Balaban J connectivity index is 1.94. The van der Waals surface area contributed by atoms with Crippen LogP contribution in [0.15, 0.2) is 24.4 Å². The van der Waals surface area contributed by atoms with Gasteiger partial charge in [0.2, 0.25) is 0 Å². The lowest BCUT2D eigenvalue weighted by molar-refractivity contribution is 0.114. The van der Waals surface area contributed by atoms with Crippen LogP contribution in [0.25, 0.3) is 0 Å². The molecule has 3 N–H and O–H groups in total. The summed E-state index contributed by atoms with van der Waals surface area (Å²) in [5.74, 6) is 0.596. The minimum Gasteiger partial charge on any atom is -0.395 e. The maximum atomic E-state index is 9.48. The Morgan fingerprint density at radius 1 is 1.53 bits per heavy atom. The van der Waals surface area contributed by atoms with Gasteiger partial charge in [0.15, 0.2) is 0 Å². The minimum atomic E-state index is 0.0320. The van der Waals surface area contributed by atoms with Crippen LogP contribution in [-0.2, 0) is 6.54 Å². The van der Waals surface area contributed by atoms with Gasteiger partial charge in [0.25, 0.3) is 0 Å². The quantitative estimate of drug-likeness (QED) is 0.758. The van der Waals surface area contributed by atoms with Crippen molar-refractivity contribution in [2.75, 3.05) is 13.7 Å². The van der Waals surface area contributed by atoms with Crippen molar-refractivity contribution >= 4 is 0 Å². The highest BCUT2D eigenvalue weighted by atomic mass is 16.3. The van der Waals surface area contributed by atoms with E-state index in [1.807, 2.05) is 25.2 Å². The van der Waals surface area contributed by atoms with Crippen LogP contribution in [0.3, 0.4) is 0 Å². The van der Waals surface area contributed by atoms with Crippen LogP contribution in [0.1, 0.15) is 18.5 Å². The lowest BCUT2D eigenvalue weighted by atomic mass is 10.0. The van der Waals surface area contributed by atoms with E-state index in [4.69, 9.17) is 5.73 Å². The van der Waals surface area contributed by atoms with Gasteiger partial charge in [-0.25, -0.2) is 0 Å². The van der Waals surface area contributed by atoms with E-state index in [-0.39, 0.29) is 18.7 Å². The molecule has 0 aliphatic heterocycles. The van der Waals surface area contributed by atoms with Crippen LogP contribution in [-0.4, -0.2) is 40.7 Å². The number of aliphatic hydroxyl groups is 1. The number of rotatable bonds is 6. The Morgan fingerprint density at radius 2 is 2.29 bits per heavy atom. The topological polar surface area (TPSA) is 62.4 Å². The Bertz CT molecular complexity index is 340. The van der Waals surface area contributed by atoms with Gasteiger partial charge in [-0.2, -0.15) is 0 Å². The van der Waals surface area contributed by atoms with E-state index < -0.39 is 0 Å². The molecule has 94 valence electrons. The number of aliphatic hydroxyl groups excluding tert-OH is 1. The molecule has 0 spiro atoms. The SMILES string of the molecule is CN(Cc1ccccn1)C(CO)C(N)C1CC1. The van der Waals surface area contributed by atoms with Gasteiger partial charge in [0.05, 0.1) is 12.3 Å². The molecule has 1 aromatic heterocycles. The Labute approximate surface area is 102 Å². The van der Waals surface area contributed by atoms with Gasteiger partial charge >= 0.3 is 0 Å². The second-order valence-electron chi connectivity index (χ2n) is 4.90. The maximum absolute atomic E-state index is 9.48. The number of hydrogen-bond acceptors (Lipinski definition) is 4. The highest BCUT2D eigenvalue weighted by Gasteiger charge is 2.35. The molecule has 1 aromatic rings. The highest BCUT2D eigenvalue weighted by molar-refractivity contribution is 5.04. The zero-order valence-corrected chi connectivity index (χ0v) is 10.3. The molecular formula is C13H21N3O. The summed E-state index contributed by atoms with van der Waals surface area (Å²) in [4.78, 5) is 6.39. The predicted octanol–water partition coefficient (Wildman–Crippen LogP) is 0.612. The summed E-state index contributed by atoms with van der Waals surface area (Å²) in [6, 6.07) is 5.99. The van der Waals surface area contributed by atoms with Crippen molar-refractivity contribution in [1.29, 1.82) is 0 Å². The zero-order valence-electron chi connectivity index (χ0n) is 10.3. The van der Waals surface area contributed by atoms with E-state index in [1.165, 1.54) is 12.8 Å². The summed E-state index contributed by atoms with van der Waals surface area (Å²) in [5.41, 5.74) is 7.18. The second-order valence-corrected chi connectivity index (χ2v) is 4.90. The number of hydrogen-bond donors (Lipinski definition) is 2. The monoisotopic (exact) mass is 235 g/mol. The summed E-state index contributed by atoms with van der Waals surface area (Å²) < 4.78 is 0. The van der Waals surface area contributed by atoms with Crippen molar-refractivity contribution in [3.63, 3.8) is 0 Å². The largest absolute Gasteiger partial charge is 0.395 e. The maximum Gasteiger partial charge on any atom is 0.0602 e. The fourth-order valence-electron chi connectivity index (χ4n) is 2.21. The lowest BCUT2D eigenvalue weighted by Gasteiger charge is -2.31. The lowest BCUT2D eigenvalue weighted by Crippen LogP contribution is -2.49. The van der Waals surface area contributed by atoms with E-state index in [1.54, 1.807) is 6.20 Å². The molecular weight excluding hydrogens is 214 g/mol. The first-order valence-corrected chi connectivity index (χ1v) is 6.19. The van der Waals surface area contributed by atoms with E-state index in [0.717, 1.165) is 12.2 Å². The van der Waals surface area contributed by atoms with Gasteiger partial charge in [0, 0.05) is 24.8 Å². The van der Waals surface area contributed by atoms with Crippen LogP contribution in [0, 0.1) is 5.92 Å². The number of nitrogens with zero attached hydrogens (tertiary/aromatic N) is 2. The molecule has 1 fully saturated rings. The molecule has 0 saturated heterocycles. The summed E-state index contributed by atoms with van der Waals surface area (Å²) in [5, 5.41) is 9.48. The van der Waals surface area contributed by atoms with Crippen molar-refractivity contribution in [1.82, 2.24) is 9.88 Å². The molecule has 0 amide bonds. The summed E-state index contributed by atoms with van der Waals surface area (Å²) in [6.45, 7) is 0.841. The Kier molecular flexibility index (Phi) is 4.10. The normalized spacial score (nSPS) is 19.3. The van der Waals surface area contributed by atoms with Crippen LogP contribution in [0.4, 0.5) is 0 Å². The van der Waals surface area contributed by atoms with E-state index in [9.17, 15) is 5.11 Å². The smallest absolute Gasteiger partial charge is 0.0602 e. The summed E-state index contributed by atoms with van der Waals surface area (Å²) in [7, 11) is 2.00. The van der Waals surface area contributed by atoms with Crippen LogP contribution in [0.5, 0.6) is 0 Å². The molecule has 4 heteroatoms. The minimum absolute atomic E-state index is 0.0320. The first kappa shape index (κ1) is 12.5. The molecule has 1 aliphatic carbocycles. The third-order valence-corrected chi connectivity index (χ3v) is 3.50. The highest BCUT2D eigenvalue weighted by Crippen LogP contribution is 2.33. The number of pyridine rings is 1. The predicted molar refractivity (Wildman–Crippen MR) is 67.3 cm³/mol. The molecule has 2 rings (SSSR count). The molecule has 2 unspecified atom stereocenters. The van der Waals surface area contributed by atoms with Crippen molar-refractivity contribution < 1.29 is 5.11 Å². The first-order chi connectivity index (χ1) is 8.22. The van der Waals surface area contributed by atoms with Crippen molar-refractivity contribution in [2.24, 2.45) is 11.7 Å². The molecule has 0 aromatic carbocycles.